The van der Waals surface area contributed by atoms with Crippen LogP contribution in [0.5, 0.6) is 0 Å². The number of nitrogens with zero attached hydrogens (tertiary/aromatic N) is 4. The molecule has 0 fully saturated rings. The summed E-state index contributed by atoms with van der Waals surface area (Å²) in [5, 5.41) is 4.00. The molecule has 0 atom stereocenters. The van der Waals surface area contributed by atoms with E-state index in [1.54, 1.807) is 0 Å². The van der Waals surface area contributed by atoms with E-state index >= 15 is 0 Å². The molecule has 3 aromatic heterocycles. The summed E-state index contributed by atoms with van der Waals surface area (Å²) in [4.78, 5) is 6.90. The maximum atomic E-state index is 5.21. The van der Waals surface area contributed by atoms with Crippen LogP contribution in [0.4, 0.5) is 0 Å². The smallest absolute Gasteiger partial charge is 0.138 e. The summed E-state index contributed by atoms with van der Waals surface area (Å²) in [5.41, 5.74) is 5.39. The van der Waals surface area contributed by atoms with E-state index in [-0.39, 0.29) is 0 Å². The minimum Gasteiger partial charge on any atom is -0.361 e. The summed E-state index contributed by atoms with van der Waals surface area (Å²) >= 11 is 0. The highest BCUT2D eigenvalue weighted by molar-refractivity contribution is 5.41. The third-order valence-electron chi connectivity index (χ3n) is 3.79. The van der Waals surface area contributed by atoms with Crippen molar-refractivity contribution in [3.05, 3.63) is 52.8 Å². The van der Waals surface area contributed by atoms with E-state index in [1.807, 2.05) is 26.0 Å². The first-order valence-electron chi connectivity index (χ1n) is 7.08. The molecule has 0 saturated carbocycles. The van der Waals surface area contributed by atoms with Crippen molar-refractivity contribution in [2.24, 2.45) is 0 Å². The standard InChI is InChI=1S/C16H20N4O/c1-11-6-5-7-16-17-14(9-20(11)16)8-19(4)10-15-12(2)18-21-13(15)3/h5-7,9H,8,10H2,1-4H3. The van der Waals surface area contributed by atoms with Gasteiger partial charge in [0.25, 0.3) is 0 Å². The van der Waals surface area contributed by atoms with E-state index in [1.165, 1.54) is 5.69 Å². The van der Waals surface area contributed by atoms with Gasteiger partial charge in [0.2, 0.25) is 0 Å². The molecule has 0 N–H and O–H groups in total. The van der Waals surface area contributed by atoms with Crippen molar-refractivity contribution >= 4 is 5.65 Å². The highest BCUT2D eigenvalue weighted by atomic mass is 16.5. The van der Waals surface area contributed by atoms with Crippen LogP contribution in [-0.2, 0) is 13.1 Å². The van der Waals surface area contributed by atoms with Crippen molar-refractivity contribution in [3.63, 3.8) is 0 Å². The van der Waals surface area contributed by atoms with Gasteiger partial charge >= 0.3 is 0 Å². The summed E-state index contributed by atoms with van der Waals surface area (Å²) in [6.07, 6.45) is 2.11. The Morgan fingerprint density at radius 2 is 2.00 bits per heavy atom. The summed E-state index contributed by atoms with van der Waals surface area (Å²) in [6, 6.07) is 6.16. The van der Waals surface area contributed by atoms with Crippen molar-refractivity contribution in [2.75, 3.05) is 7.05 Å². The average molecular weight is 284 g/mol. The Hall–Kier alpha value is -2.14. The topological polar surface area (TPSA) is 46.6 Å². The second-order valence-corrected chi connectivity index (χ2v) is 5.60. The van der Waals surface area contributed by atoms with Crippen LogP contribution in [0.25, 0.3) is 5.65 Å². The largest absolute Gasteiger partial charge is 0.361 e. The Morgan fingerprint density at radius 1 is 1.19 bits per heavy atom. The Bertz CT molecular complexity index is 752. The molecule has 5 nitrogen and oxygen atoms in total. The fourth-order valence-electron chi connectivity index (χ4n) is 2.61. The first-order chi connectivity index (χ1) is 10.0. The number of aryl methyl sites for hydroxylation is 3. The quantitative estimate of drug-likeness (QED) is 0.739. The molecule has 3 rings (SSSR count). The maximum absolute atomic E-state index is 5.21. The predicted molar refractivity (Wildman–Crippen MR) is 81.1 cm³/mol. The van der Waals surface area contributed by atoms with Crippen LogP contribution in [0.2, 0.25) is 0 Å². The number of aromatic nitrogens is 3. The molecule has 0 radical (unpaired) electrons. The Morgan fingerprint density at radius 3 is 2.67 bits per heavy atom. The zero-order chi connectivity index (χ0) is 15.0. The van der Waals surface area contributed by atoms with Crippen LogP contribution in [-0.4, -0.2) is 26.5 Å². The molecule has 0 aliphatic rings. The van der Waals surface area contributed by atoms with Gasteiger partial charge in [-0.05, 0) is 40.0 Å². The average Bonchev–Trinajstić information content (AvgIpc) is 2.97. The van der Waals surface area contributed by atoms with Gasteiger partial charge in [-0.1, -0.05) is 11.2 Å². The first-order valence-corrected chi connectivity index (χ1v) is 7.08. The highest BCUT2D eigenvalue weighted by Crippen LogP contribution is 2.16. The van der Waals surface area contributed by atoms with Gasteiger partial charge in [-0.25, -0.2) is 4.98 Å². The number of fused-ring (bicyclic) bond motifs is 1. The van der Waals surface area contributed by atoms with E-state index < -0.39 is 0 Å². The van der Waals surface area contributed by atoms with Gasteiger partial charge < -0.3 is 8.92 Å². The van der Waals surface area contributed by atoms with Crippen LogP contribution in [0.15, 0.2) is 28.9 Å². The highest BCUT2D eigenvalue weighted by Gasteiger charge is 2.13. The van der Waals surface area contributed by atoms with E-state index in [0.29, 0.717) is 0 Å². The van der Waals surface area contributed by atoms with E-state index in [9.17, 15) is 0 Å². The lowest BCUT2D eigenvalue weighted by Crippen LogP contribution is -2.18. The third-order valence-corrected chi connectivity index (χ3v) is 3.79. The number of hydrogen-bond donors (Lipinski definition) is 0. The minimum absolute atomic E-state index is 0.797. The summed E-state index contributed by atoms with van der Waals surface area (Å²) < 4.78 is 7.34. The molecule has 0 spiro atoms. The Labute approximate surface area is 124 Å². The normalized spacial score (nSPS) is 11.7. The lowest BCUT2D eigenvalue weighted by molar-refractivity contribution is 0.311. The van der Waals surface area contributed by atoms with Gasteiger partial charge in [0.05, 0.1) is 11.4 Å². The lowest BCUT2D eigenvalue weighted by Gasteiger charge is -2.14. The zero-order valence-electron chi connectivity index (χ0n) is 12.9. The van der Waals surface area contributed by atoms with Crippen LogP contribution in [0, 0.1) is 20.8 Å². The van der Waals surface area contributed by atoms with Gasteiger partial charge in [0.15, 0.2) is 0 Å². The molecule has 110 valence electrons. The second-order valence-electron chi connectivity index (χ2n) is 5.60. The number of imidazole rings is 1. The number of hydrogen-bond acceptors (Lipinski definition) is 4. The monoisotopic (exact) mass is 284 g/mol. The fraction of sp³-hybridized carbons (Fsp3) is 0.375. The molecular formula is C16H20N4O. The fourth-order valence-corrected chi connectivity index (χ4v) is 2.61. The summed E-state index contributed by atoms with van der Waals surface area (Å²) in [5.74, 6) is 0.894. The van der Waals surface area contributed by atoms with Gasteiger partial charge in [0.1, 0.15) is 11.4 Å². The molecule has 0 aliphatic carbocycles. The molecule has 21 heavy (non-hydrogen) atoms. The van der Waals surface area contributed by atoms with Crippen molar-refractivity contribution in [1.82, 2.24) is 19.4 Å². The van der Waals surface area contributed by atoms with Gasteiger partial charge in [-0.3, -0.25) is 4.90 Å². The maximum Gasteiger partial charge on any atom is 0.138 e. The van der Waals surface area contributed by atoms with E-state index in [4.69, 9.17) is 4.52 Å². The third kappa shape index (κ3) is 2.69. The molecule has 5 heteroatoms. The van der Waals surface area contributed by atoms with Crippen molar-refractivity contribution in [1.29, 1.82) is 0 Å². The molecule has 0 unspecified atom stereocenters. The molecule has 0 saturated heterocycles. The van der Waals surface area contributed by atoms with Crippen LogP contribution in [0.3, 0.4) is 0 Å². The van der Waals surface area contributed by atoms with Crippen LogP contribution < -0.4 is 0 Å². The first kappa shape index (κ1) is 13.8. The van der Waals surface area contributed by atoms with Crippen molar-refractivity contribution in [3.8, 4) is 0 Å². The number of pyridine rings is 1. The van der Waals surface area contributed by atoms with Gasteiger partial charge in [0, 0.05) is 30.5 Å². The molecule has 3 heterocycles. The summed E-state index contributed by atoms with van der Waals surface area (Å²) in [7, 11) is 2.09. The molecule has 0 amide bonds. The predicted octanol–water partition coefficient (Wildman–Crippen LogP) is 2.88. The summed E-state index contributed by atoms with van der Waals surface area (Å²) in [6.45, 7) is 7.64. The van der Waals surface area contributed by atoms with Crippen LogP contribution >= 0.6 is 0 Å². The van der Waals surface area contributed by atoms with E-state index in [2.05, 4.69) is 45.7 Å². The van der Waals surface area contributed by atoms with Crippen LogP contribution in [0.1, 0.15) is 28.4 Å². The number of rotatable bonds is 4. The molecular weight excluding hydrogens is 264 g/mol. The van der Waals surface area contributed by atoms with Crippen molar-refractivity contribution in [2.45, 2.75) is 33.9 Å². The van der Waals surface area contributed by atoms with Crippen molar-refractivity contribution < 1.29 is 4.52 Å². The Balaban J connectivity index is 1.77. The molecule has 3 aromatic rings. The minimum atomic E-state index is 0.797. The Kier molecular flexibility index (Phi) is 3.51. The molecule has 0 aromatic carbocycles. The second kappa shape index (κ2) is 5.33. The van der Waals surface area contributed by atoms with Gasteiger partial charge in [-0.15, -0.1) is 0 Å². The SMILES string of the molecule is Cc1noc(C)c1CN(C)Cc1cn2c(C)cccc2n1. The molecule has 0 bridgehead atoms. The molecule has 0 aliphatic heterocycles. The van der Waals surface area contributed by atoms with E-state index in [0.717, 1.165) is 41.4 Å². The zero-order valence-corrected chi connectivity index (χ0v) is 12.9. The lowest BCUT2D eigenvalue weighted by atomic mass is 10.2. The van der Waals surface area contributed by atoms with Gasteiger partial charge in [-0.2, -0.15) is 0 Å².